The number of rotatable bonds is 3. The zero-order valence-electron chi connectivity index (χ0n) is 13.1. The molecule has 1 atom stereocenters. The molecule has 1 unspecified atom stereocenters. The van der Waals surface area contributed by atoms with Gasteiger partial charge >= 0.3 is 0 Å². The van der Waals surface area contributed by atoms with E-state index in [0.717, 1.165) is 57.2 Å². The van der Waals surface area contributed by atoms with E-state index in [1.54, 1.807) is 6.26 Å². The van der Waals surface area contributed by atoms with Crippen molar-refractivity contribution in [3.05, 3.63) is 24.2 Å². The molecule has 2 saturated heterocycles. The van der Waals surface area contributed by atoms with E-state index in [1.807, 2.05) is 19.2 Å². The molecule has 0 bridgehead atoms. The topological polar surface area (TPSA) is 69.9 Å². The molecule has 120 valence electrons. The Labute approximate surface area is 131 Å². The second kappa shape index (κ2) is 6.42. The second-order valence-corrected chi connectivity index (χ2v) is 6.28. The minimum Gasteiger partial charge on any atom is -0.469 e. The maximum absolute atomic E-state index is 11.6. The summed E-state index contributed by atoms with van der Waals surface area (Å²) < 4.78 is 5.34. The first-order chi connectivity index (χ1) is 10.7. The summed E-state index contributed by atoms with van der Waals surface area (Å²) in [6, 6.07) is 3.89. The van der Waals surface area contributed by atoms with Crippen molar-refractivity contribution in [2.45, 2.75) is 25.7 Å². The van der Waals surface area contributed by atoms with E-state index < -0.39 is 0 Å². The highest BCUT2D eigenvalue weighted by atomic mass is 16.3. The molecule has 1 aromatic rings. The van der Waals surface area contributed by atoms with Crippen LogP contribution in [-0.4, -0.2) is 50.0 Å². The maximum atomic E-state index is 11.6. The molecule has 22 heavy (non-hydrogen) atoms. The van der Waals surface area contributed by atoms with Crippen LogP contribution in [0.1, 0.15) is 25.0 Å². The van der Waals surface area contributed by atoms with Crippen LogP contribution in [0.3, 0.4) is 0 Å². The highest BCUT2D eigenvalue weighted by Gasteiger charge is 2.42. The van der Waals surface area contributed by atoms with Gasteiger partial charge in [0.15, 0.2) is 5.96 Å². The minimum absolute atomic E-state index is 0.0912. The van der Waals surface area contributed by atoms with Crippen molar-refractivity contribution in [1.29, 1.82) is 0 Å². The lowest BCUT2D eigenvalue weighted by molar-refractivity contribution is -0.119. The molecule has 1 aromatic heterocycles. The molecule has 6 nitrogen and oxygen atoms in total. The lowest BCUT2D eigenvalue weighted by atomic mass is 9.79. The average Bonchev–Trinajstić information content (AvgIpc) is 3.14. The van der Waals surface area contributed by atoms with E-state index >= 15 is 0 Å². The van der Waals surface area contributed by atoms with Crippen LogP contribution >= 0.6 is 0 Å². The first-order valence-electron chi connectivity index (χ1n) is 7.95. The Morgan fingerprint density at radius 2 is 2.50 bits per heavy atom. The fourth-order valence-corrected chi connectivity index (χ4v) is 3.51. The summed E-state index contributed by atoms with van der Waals surface area (Å²) in [5.41, 5.74) is 0.0912. The van der Waals surface area contributed by atoms with Gasteiger partial charge in [0.25, 0.3) is 0 Å². The Bertz CT molecular complexity index is 540. The van der Waals surface area contributed by atoms with Crippen molar-refractivity contribution in [3.8, 4) is 0 Å². The number of nitrogens with zero attached hydrogens (tertiary/aromatic N) is 2. The molecule has 0 aromatic carbocycles. The van der Waals surface area contributed by atoms with Crippen molar-refractivity contribution < 1.29 is 9.21 Å². The van der Waals surface area contributed by atoms with Gasteiger partial charge in [0.1, 0.15) is 5.76 Å². The zero-order valence-corrected chi connectivity index (χ0v) is 13.1. The van der Waals surface area contributed by atoms with Gasteiger partial charge in [-0.3, -0.25) is 9.79 Å². The molecule has 3 rings (SSSR count). The van der Waals surface area contributed by atoms with E-state index in [0.29, 0.717) is 6.42 Å². The van der Waals surface area contributed by atoms with Gasteiger partial charge in [-0.05, 0) is 25.0 Å². The van der Waals surface area contributed by atoms with E-state index in [-0.39, 0.29) is 11.3 Å². The summed E-state index contributed by atoms with van der Waals surface area (Å²) in [5.74, 6) is 2.08. The SMILES string of the molecule is CN=C(NCCc1ccco1)N1CCCC2(CNC(=O)C2)C1. The average molecular weight is 304 g/mol. The number of hydrogen-bond donors (Lipinski definition) is 2. The van der Waals surface area contributed by atoms with Crippen molar-refractivity contribution >= 4 is 11.9 Å². The van der Waals surface area contributed by atoms with Gasteiger partial charge in [-0.1, -0.05) is 0 Å². The van der Waals surface area contributed by atoms with Gasteiger partial charge in [-0.2, -0.15) is 0 Å². The predicted octanol–water partition coefficient (Wildman–Crippen LogP) is 1.000. The third kappa shape index (κ3) is 3.26. The van der Waals surface area contributed by atoms with Crippen molar-refractivity contribution in [1.82, 2.24) is 15.5 Å². The van der Waals surface area contributed by atoms with E-state index in [4.69, 9.17) is 4.42 Å². The Morgan fingerprint density at radius 1 is 1.59 bits per heavy atom. The van der Waals surface area contributed by atoms with Gasteiger partial charge in [0.2, 0.25) is 5.91 Å². The number of furan rings is 1. The van der Waals surface area contributed by atoms with Crippen LogP contribution in [0.5, 0.6) is 0 Å². The van der Waals surface area contributed by atoms with Crippen LogP contribution in [0, 0.1) is 5.41 Å². The van der Waals surface area contributed by atoms with Gasteiger partial charge in [0.05, 0.1) is 6.26 Å². The van der Waals surface area contributed by atoms with Crippen LogP contribution in [-0.2, 0) is 11.2 Å². The second-order valence-electron chi connectivity index (χ2n) is 6.28. The zero-order chi connectivity index (χ0) is 15.4. The van der Waals surface area contributed by atoms with Gasteiger partial charge < -0.3 is 20.0 Å². The smallest absolute Gasteiger partial charge is 0.220 e. The monoisotopic (exact) mass is 304 g/mol. The number of guanidine groups is 1. The Morgan fingerprint density at radius 3 is 3.18 bits per heavy atom. The number of carbonyl (C=O) groups excluding carboxylic acids is 1. The standard InChI is InChI=1S/C16H24N4O2/c1-17-15(18-7-5-13-4-2-9-22-13)20-8-3-6-16(12-20)10-14(21)19-11-16/h2,4,9H,3,5-8,10-12H2,1H3,(H,17,18)(H,19,21). The fraction of sp³-hybridized carbons (Fsp3) is 0.625. The Kier molecular flexibility index (Phi) is 4.36. The summed E-state index contributed by atoms with van der Waals surface area (Å²) in [5, 5.41) is 6.39. The normalized spacial score (nSPS) is 25.6. The number of amides is 1. The first-order valence-corrected chi connectivity index (χ1v) is 7.95. The summed E-state index contributed by atoms with van der Waals surface area (Å²) in [6.07, 6.45) is 5.40. The number of likely N-dealkylation sites (tertiary alicyclic amines) is 1. The lowest BCUT2D eigenvalue weighted by Gasteiger charge is -2.40. The van der Waals surface area contributed by atoms with Crippen LogP contribution in [0.2, 0.25) is 0 Å². The van der Waals surface area contributed by atoms with E-state index in [2.05, 4.69) is 20.5 Å². The molecule has 0 saturated carbocycles. The molecule has 2 aliphatic rings. The Balaban J connectivity index is 1.55. The molecule has 1 spiro atoms. The van der Waals surface area contributed by atoms with Crippen LogP contribution in [0.4, 0.5) is 0 Å². The van der Waals surface area contributed by atoms with Crippen molar-refractivity contribution in [2.24, 2.45) is 10.4 Å². The summed E-state index contributed by atoms with van der Waals surface area (Å²) in [7, 11) is 1.81. The quantitative estimate of drug-likeness (QED) is 0.646. The van der Waals surface area contributed by atoms with Crippen LogP contribution < -0.4 is 10.6 Å². The van der Waals surface area contributed by atoms with Crippen LogP contribution in [0.25, 0.3) is 0 Å². The lowest BCUT2D eigenvalue weighted by Crippen LogP contribution is -2.51. The first kappa shape index (κ1) is 14.9. The molecule has 0 aliphatic carbocycles. The van der Waals surface area contributed by atoms with Crippen molar-refractivity contribution in [3.63, 3.8) is 0 Å². The fourth-order valence-electron chi connectivity index (χ4n) is 3.51. The predicted molar refractivity (Wildman–Crippen MR) is 84.6 cm³/mol. The molecule has 2 N–H and O–H groups in total. The molecule has 6 heteroatoms. The van der Waals surface area contributed by atoms with Gasteiger partial charge in [-0.25, -0.2) is 0 Å². The van der Waals surface area contributed by atoms with E-state index in [9.17, 15) is 4.79 Å². The van der Waals surface area contributed by atoms with Gasteiger partial charge in [0, 0.05) is 51.5 Å². The minimum atomic E-state index is 0.0912. The third-order valence-electron chi connectivity index (χ3n) is 4.60. The third-order valence-corrected chi connectivity index (χ3v) is 4.60. The Hall–Kier alpha value is -1.98. The van der Waals surface area contributed by atoms with Gasteiger partial charge in [-0.15, -0.1) is 0 Å². The number of carbonyl (C=O) groups is 1. The van der Waals surface area contributed by atoms with E-state index in [1.165, 1.54) is 0 Å². The summed E-state index contributed by atoms with van der Waals surface area (Å²) in [6.45, 7) is 3.48. The maximum Gasteiger partial charge on any atom is 0.220 e. The molecule has 2 fully saturated rings. The molecule has 2 aliphatic heterocycles. The highest BCUT2D eigenvalue weighted by molar-refractivity contribution is 5.81. The molecule has 0 radical (unpaired) electrons. The molecular weight excluding hydrogens is 280 g/mol. The molecular formula is C16H24N4O2. The largest absolute Gasteiger partial charge is 0.469 e. The number of piperidine rings is 1. The number of aliphatic imine (C=N–C) groups is 1. The molecule has 1 amide bonds. The van der Waals surface area contributed by atoms with Crippen molar-refractivity contribution in [2.75, 3.05) is 33.2 Å². The highest BCUT2D eigenvalue weighted by Crippen LogP contribution is 2.35. The summed E-state index contributed by atoms with van der Waals surface area (Å²) in [4.78, 5) is 18.3. The number of nitrogens with one attached hydrogen (secondary N) is 2. The number of hydrogen-bond acceptors (Lipinski definition) is 3. The molecule has 3 heterocycles. The van der Waals surface area contributed by atoms with Crippen LogP contribution in [0.15, 0.2) is 27.8 Å². The summed E-state index contributed by atoms with van der Waals surface area (Å²) >= 11 is 0.